The van der Waals surface area contributed by atoms with Crippen molar-refractivity contribution in [2.24, 2.45) is 5.92 Å². The van der Waals surface area contributed by atoms with Crippen molar-refractivity contribution in [2.75, 3.05) is 10.6 Å². The second-order valence-corrected chi connectivity index (χ2v) is 7.56. The molecule has 3 aromatic rings. The van der Waals surface area contributed by atoms with E-state index in [2.05, 4.69) is 16.0 Å². The molecular formula is C26H27N3O3. The second kappa shape index (κ2) is 10.9. The first kappa shape index (κ1) is 22.7. The first-order valence-electron chi connectivity index (χ1n) is 10.6. The van der Waals surface area contributed by atoms with Gasteiger partial charge in [0.25, 0.3) is 11.8 Å². The number of benzene rings is 3. The van der Waals surface area contributed by atoms with Gasteiger partial charge in [-0.1, -0.05) is 68.8 Å². The van der Waals surface area contributed by atoms with Gasteiger partial charge in [-0.3, -0.25) is 14.4 Å². The molecule has 2 unspecified atom stereocenters. The monoisotopic (exact) mass is 429 g/mol. The number of carbonyl (C=O) groups excluding carboxylic acids is 3. The van der Waals surface area contributed by atoms with E-state index in [0.29, 0.717) is 23.4 Å². The molecule has 0 fully saturated rings. The molecule has 6 nitrogen and oxygen atoms in total. The van der Waals surface area contributed by atoms with Gasteiger partial charge in [0.1, 0.15) is 6.04 Å². The molecule has 0 spiro atoms. The van der Waals surface area contributed by atoms with E-state index in [9.17, 15) is 14.4 Å². The number of rotatable bonds is 8. The molecule has 0 heterocycles. The van der Waals surface area contributed by atoms with E-state index in [-0.39, 0.29) is 23.3 Å². The number of hydrogen-bond donors (Lipinski definition) is 3. The van der Waals surface area contributed by atoms with Crippen molar-refractivity contribution < 1.29 is 14.4 Å². The molecule has 3 rings (SSSR count). The van der Waals surface area contributed by atoms with Crippen molar-refractivity contribution in [3.8, 4) is 0 Å². The molecule has 3 amide bonds. The number of nitrogens with one attached hydrogen (secondary N) is 3. The summed E-state index contributed by atoms with van der Waals surface area (Å²) in [5.41, 5.74) is 1.82. The number of carbonyl (C=O) groups is 3. The van der Waals surface area contributed by atoms with Gasteiger partial charge in [-0.25, -0.2) is 0 Å². The maximum absolute atomic E-state index is 13.1. The Kier molecular flexibility index (Phi) is 7.75. The fourth-order valence-corrected chi connectivity index (χ4v) is 3.24. The van der Waals surface area contributed by atoms with Gasteiger partial charge >= 0.3 is 0 Å². The van der Waals surface area contributed by atoms with Crippen LogP contribution < -0.4 is 16.0 Å². The first-order valence-corrected chi connectivity index (χ1v) is 10.6. The van der Waals surface area contributed by atoms with Crippen molar-refractivity contribution in [1.82, 2.24) is 5.32 Å². The summed E-state index contributed by atoms with van der Waals surface area (Å²) in [6.45, 7) is 3.88. The Labute approximate surface area is 188 Å². The standard InChI is InChI=1S/C26H27N3O3/c1-3-18(2)23(26(32)27-20-14-8-5-9-15-20)29-25(31)21-16-10-11-17-22(21)28-24(30)19-12-6-4-7-13-19/h4-18,23H,3H2,1-2H3,(H,27,32)(H,28,30)(H,29,31). The molecule has 164 valence electrons. The van der Waals surface area contributed by atoms with Crippen LogP contribution in [0.4, 0.5) is 11.4 Å². The van der Waals surface area contributed by atoms with Gasteiger partial charge < -0.3 is 16.0 Å². The molecule has 0 bridgehead atoms. The Morgan fingerprint density at radius 2 is 1.34 bits per heavy atom. The summed E-state index contributed by atoms with van der Waals surface area (Å²) in [7, 11) is 0. The fraction of sp³-hybridized carbons (Fsp3) is 0.192. The maximum Gasteiger partial charge on any atom is 0.255 e. The van der Waals surface area contributed by atoms with Gasteiger partial charge in [0.2, 0.25) is 5.91 Å². The number of anilines is 2. The summed E-state index contributed by atoms with van der Waals surface area (Å²) in [6.07, 6.45) is 0.708. The SMILES string of the molecule is CCC(C)C(NC(=O)c1ccccc1NC(=O)c1ccccc1)C(=O)Nc1ccccc1. The molecule has 0 aromatic heterocycles. The molecule has 0 aliphatic rings. The van der Waals surface area contributed by atoms with Crippen LogP contribution in [0, 0.1) is 5.92 Å². The number of hydrogen-bond acceptors (Lipinski definition) is 3. The van der Waals surface area contributed by atoms with Gasteiger partial charge in [0.15, 0.2) is 0 Å². The lowest BCUT2D eigenvalue weighted by Crippen LogP contribution is -2.47. The van der Waals surface area contributed by atoms with Gasteiger partial charge in [0.05, 0.1) is 11.3 Å². The van der Waals surface area contributed by atoms with Crippen LogP contribution in [-0.4, -0.2) is 23.8 Å². The molecule has 0 saturated carbocycles. The van der Waals surface area contributed by atoms with Gasteiger partial charge in [-0.2, -0.15) is 0 Å². The quantitative estimate of drug-likeness (QED) is 0.484. The van der Waals surface area contributed by atoms with Crippen molar-refractivity contribution in [1.29, 1.82) is 0 Å². The van der Waals surface area contributed by atoms with E-state index >= 15 is 0 Å². The highest BCUT2D eigenvalue weighted by atomic mass is 16.2. The van der Waals surface area contributed by atoms with E-state index < -0.39 is 11.9 Å². The van der Waals surface area contributed by atoms with Gasteiger partial charge in [0, 0.05) is 11.3 Å². The molecule has 0 aliphatic heterocycles. The zero-order valence-electron chi connectivity index (χ0n) is 18.2. The highest BCUT2D eigenvalue weighted by Crippen LogP contribution is 2.18. The molecule has 0 saturated heterocycles. The van der Waals surface area contributed by atoms with Gasteiger partial charge in [-0.05, 0) is 42.3 Å². The summed E-state index contributed by atoms with van der Waals surface area (Å²) in [5.74, 6) is -1.12. The molecular weight excluding hydrogens is 402 g/mol. The summed E-state index contributed by atoms with van der Waals surface area (Å²) in [6, 6.07) is 23.9. The lowest BCUT2D eigenvalue weighted by Gasteiger charge is -2.24. The molecule has 2 atom stereocenters. The first-order chi connectivity index (χ1) is 15.5. The largest absolute Gasteiger partial charge is 0.340 e. The smallest absolute Gasteiger partial charge is 0.255 e. The third-order valence-electron chi connectivity index (χ3n) is 5.28. The van der Waals surface area contributed by atoms with Crippen LogP contribution in [0.3, 0.4) is 0 Å². The highest BCUT2D eigenvalue weighted by molar-refractivity contribution is 6.10. The third-order valence-corrected chi connectivity index (χ3v) is 5.28. The molecule has 0 aliphatic carbocycles. The van der Waals surface area contributed by atoms with Gasteiger partial charge in [-0.15, -0.1) is 0 Å². The maximum atomic E-state index is 13.1. The fourth-order valence-electron chi connectivity index (χ4n) is 3.24. The zero-order valence-corrected chi connectivity index (χ0v) is 18.2. The minimum Gasteiger partial charge on any atom is -0.340 e. The minimum absolute atomic E-state index is 0.0891. The minimum atomic E-state index is -0.731. The lowest BCUT2D eigenvalue weighted by atomic mass is 9.97. The Morgan fingerprint density at radius 3 is 2.00 bits per heavy atom. The van der Waals surface area contributed by atoms with Crippen LogP contribution in [0.2, 0.25) is 0 Å². The van der Waals surface area contributed by atoms with Crippen LogP contribution >= 0.6 is 0 Å². The highest BCUT2D eigenvalue weighted by Gasteiger charge is 2.27. The summed E-state index contributed by atoms with van der Waals surface area (Å²) in [4.78, 5) is 38.6. The number of amides is 3. The summed E-state index contributed by atoms with van der Waals surface area (Å²) in [5, 5.41) is 8.51. The molecule has 3 aromatic carbocycles. The Bertz CT molecular complexity index is 1070. The van der Waals surface area contributed by atoms with Crippen LogP contribution in [0.1, 0.15) is 41.0 Å². The molecule has 3 N–H and O–H groups in total. The predicted octanol–water partition coefficient (Wildman–Crippen LogP) is 4.72. The molecule has 32 heavy (non-hydrogen) atoms. The average Bonchev–Trinajstić information content (AvgIpc) is 2.83. The normalized spacial score (nSPS) is 12.3. The predicted molar refractivity (Wildman–Crippen MR) is 127 cm³/mol. The van der Waals surface area contributed by atoms with Crippen LogP contribution in [0.15, 0.2) is 84.9 Å². The Balaban J connectivity index is 1.78. The zero-order chi connectivity index (χ0) is 22.9. The third kappa shape index (κ3) is 5.82. The molecule has 0 radical (unpaired) electrons. The van der Waals surface area contributed by atoms with Crippen LogP contribution in [-0.2, 0) is 4.79 Å². The van der Waals surface area contributed by atoms with Crippen LogP contribution in [0.5, 0.6) is 0 Å². The van der Waals surface area contributed by atoms with Crippen LogP contribution in [0.25, 0.3) is 0 Å². The molecule has 6 heteroatoms. The van der Waals surface area contributed by atoms with E-state index in [1.165, 1.54) is 0 Å². The van der Waals surface area contributed by atoms with E-state index in [0.717, 1.165) is 0 Å². The summed E-state index contributed by atoms with van der Waals surface area (Å²) < 4.78 is 0. The van der Waals surface area contributed by atoms with Crippen molar-refractivity contribution in [3.63, 3.8) is 0 Å². The van der Waals surface area contributed by atoms with Crippen molar-refractivity contribution in [3.05, 3.63) is 96.1 Å². The van der Waals surface area contributed by atoms with Crippen molar-refractivity contribution in [2.45, 2.75) is 26.3 Å². The Morgan fingerprint density at radius 1 is 0.750 bits per heavy atom. The average molecular weight is 430 g/mol. The van der Waals surface area contributed by atoms with Crippen molar-refractivity contribution >= 4 is 29.1 Å². The lowest BCUT2D eigenvalue weighted by molar-refractivity contribution is -0.119. The van der Waals surface area contributed by atoms with E-state index in [1.807, 2.05) is 38.1 Å². The summed E-state index contributed by atoms with van der Waals surface area (Å²) >= 11 is 0. The number of para-hydroxylation sites is 2. The topological polar surface area (TPSA) is 87.3 Å². The van der Waals surface area contributed by atoms with E-state index in [4.69, 9.17) is 0 Å². The van der Waals surface area contributed by atoms with E-state index in [1.54, 1.807) is 60.7 Å². The second-order valence-electron chi connectivity index (χ2n) is 7.56. The Hall–Kier alpha value is -3.93.